The van der Waals surface area contributed by atoms with Crippen LogP contribution in [0.4, 0.5) is 0 Å². The van der Waals surface area contributed by atoms with Crippen LogP contribution in [0.5, 0.6) is 0 Å². The van der Waals surface area contributed by atoms with Crippen molar-refractivity contribution >= 4 is 29.4 Å². The molecule has 0 aromatic carbocycles. The Bertz CT molecular complexity index is 299. The van der Waals surface area contributed by atoms with Crippen molar-refractivity contribution in [2.75, 3.05) is 6.26 Å². The number of thioether (sulfide) groups is 1. The zero-order valence-corrected chi connectivity index (χ0v) is 8.50. The van der Waals surface area contributed by atoms with Gasteiger partial charge in [-0.25, -0.2) is 0 Å². The normalized spacial score (nSPS) is 16.4. The topological polar surface area (TPSA) is 17.1 Å². The summed E-state index contributed by atoms with van der Waals surface area (Å²) in [7, 11) is 0. The SMILES string of the molecule is CSc1scc(C=O)c1C1CC1. The first-order valence-corrected chi connectivity index (χ1v) is 6.07. The molecule has 2 rings (SSSR count). The molecular weight excluding hydrogens is 188 g/mol. The van der Waals surface area contributed by atoms with Crippen LogP contribution < -0.4 is 0 Å². The largest absolute Gasteiger partial charge is 0.298 e. The van der Waals surface area contributed by atoms with Gasteiger partial charge in [-0.15, -0.1) is 23.1 Å². The van der Waals surface area contributed by atoms with E-state index in [4.69, 9.17) is 0 Å². The number of thiophene rings is 1. The van der Waals surface area contributed by atoms with Gasteiger partial charge in [0.15, 0.2) is 6.29 Å². The summed E-state index contributed by atoms with van der Waals surface area (Å²) in [5.74, 6) is 0.693. The summed E-state index contributed by atoms with van der Waals surface area (Å²) in [5, 5.41) is 1.98. The number of hydrogen-bond donors (Lipinski definition) is 0. The molecule has 1 aromatic heterocycles. The standard InChI is InChI=1S/C9H10OS2/c1-11-9-8(6-2-3-6)7(4-10)5-12-9/h4-6H,2-3H2,1H3. The van der Waals surface area contributed by atoms with E-state index in [1.807, 2.05) is 5.38 Å². The summed E-state index contributed by atoms with van der Waals surface area (Å²) in [4.78, 5) is 10.7. The van der Waals surface area contributed by atoms with E-state index in [0.29, 0.717) is 5.92 Å². The maximum atomic E-state index is 10.7. The van der Waals surface area contributed by atoms with Crippen molar-refractivity contribution in [3.05, 3.63) is 16.5 Å². The van der Waals surface area contributed by atoms with Crippen LogP contribution in [0.25, 0.3) is 0 Å². The van der Waals surface area contributed by atoms with E-state index in [1.54, 1.807) is 23.1 Å². The van der Waals surface area contributed by atoms with Gasteiger partial charge in [0.2, 0.25) is 0 Å². The summed E-state index contributed by atoms with van der Waals surface area (Å²) >= 11 is 3.46. The van der Waals surface area contributed by atoms with Crippen LogP contribution in [0.3, 0.4) is 0 Å². The van der Waals surface area contributed by atoms with E-state index in [-0.39, 0.29) is 0 Å². The molecule has 1 fully saturated rings. The molecule has 1 nitrogen and oxygen atoms in total. The van der Waals surface area contributed by atoms with Crippen molar-refractivity contribution in [1.29, 1.82) is 0 Å². The van der Waals surface area contributed by atoms with Gasteiger partial charge in [0, 0.05) is 10.9 Å². The highest BCUT2D eigenvalue weighted by molar-refractivity contribution is 8.00. The van der Waals surface area contributed by atoms with Gasteiger partial charge in [-0.1, -0.05) is 0 Å². The van der Waals surface area contributed by atoms with Gasteiger partial charge in [-0.3, -0.25) is 4.79 Å². The van der Waals surface area contributed by atoms with Crippen molar-refractivity contribution in [3.8, 4) is 0 Å². The molecule has 64 valence electrons. The first kappa shape index (κ1) is 8.32. The van der Waals surface area contributed by atoms with Crippen LogP contribution in [0, 0.1) is 0 Å². The summed E-state index contributed by atoms with van der Waals surface area (Å²) in [5.41, 5.74) is 2.24. The molecule has 0 N–H and O–H groups in total. The number of aldehydes is 1. The Labute approximate surface area is 80.2 Å². The maximum absolute atomic E-state index is 10.7. The summed E-state index contributed by atoms with van der Waals surface area (Å²) in [6, 6.07) is 0. The Morgan fingerprint density at radius 3 is 2.92 bits per heavy atom. The first-order valence-electron chi connectivity index (χ1n) is 3.97. The summed E-state index contributed by atoms with van der Waals surface area (Å²) < 4.78 is 1.33. The molecule has 0 amide bonds. The highest BCUT2D eigenvalue weighted by Gasteiger charge is 2.29. The lowest BCUT2D eigenvalue weighted by atomic mass is 10.1. The molecule has 1 aliphatic carbocycles. The van der Waals surface area contributed by atoms with E-state index < -0.39 is 0 Å². The Balaban J connectivity index is 2.42. The molecule has 1 aromatic rings. The fourth-order valence-corrected chi connectivity index (χ4v) is 3.25. The lowest BCUT2D eigenvalue weighted by molar-refractivity contribution is 0.112. The quantitative estimate of drug-likeness (QED) is 0.548. The summed E-state index contributed by atoms with van der Waals surface area (Å²) in [6.45, 7) is 0. The monoisotopic (exact) mass is 198 g/mol. The van der Waals surface area contributed by atoms with Crippen LogP contribution in [-0.2, 0) is 0 Å². The molecule has 0 spiro atoms. The van der Waals surface area contributed by atoms with Crippen molar-refractivity contribution in [3.63, 3.8) is 0 Å². The average molecular weight is 198 g/mol. The molecule has 0 atom stereocenters. The second-order valence-corrected chi connectivity index (χ2v) is 4.94. The Morgan fingerprint density at radius 2 is 2.42 bits per heavy atom. The Kier molecular flexibility index (Phi) is 2.24. The number of carbonyl (C=O) groups excluding carboxylic acids is 1. The highest BCUT2D eigenvalue weighted by atomic mass is 32.2. The molecule has 3 heteroatoms. The van der Waals surface area contributed by atoms with Gasteiger partial charge in [0.25, 0.3) is 0 Å². The number of carbonyl (C=O) groups is 1. The predicted molar refractivity (Wildman–Crippen MR) is 53.5 cm³/mol. The molecule has 12 heavy (non-hydrogen) atoms. The highest BCUT2D eigenvalue weighted by Crippen LogP contribution is 2.47. The van der Waals surface area contributed by atoms with Crippen molar-refractivity contribution < 1.29 is 4.79 Å². The van der Waals surface area contributed by atoms with Gasteiger partial charge in [0.05, 0.1) is 4.21 Å². The molecule has 0 aliphatic heterocycles. The lowest BCUT2D eigenvalue weighted by Crippen LogP contribution is -1.84. The fraction of sp³-hybridized carbons (Fsp3) is 0.444. The minimum absolute atomic E-state index is 0.693. The first-order chi connectivity index (χ1) is 5.86. The molecule has 0 radical (unpaired) electrons. The smallest absolute Gasteiger partial charge is 0.151 e. The van der Waals surface area contributed by atoms with Crippen molar-refractivity contribution in [1.82, 2.24) is 0 Å². The van der Waals surface area contributed by atoms with E-state index in [9.17, 15) is 4.79 Å². The molecule has 1 aliphatic rings. The van der Waals surface area contributed by atoms with Crippen LogP contribution in [0.15, 0.2) is 9.59 Å². The molecule has 0 bridgehead atoms. The fourth-order valence-electron chi connectivity index (χ4n) is 1.39. The second-order valence-electron chi connectivity index (χ2n) is 2.99. The molecule has 0 saturated heterocycles. The van der Waals surface area contributed by atoms with E-state index in [0.717, 1.165) is 11.8 Å². The summed E-state index contributed by atoms with van der Waals surface area (Å²) in [6.07, 6.45) is 5.60. The number of rotatable bonds is 3. The lowest BCUT2D eigenvalue weighted by Gasteiger charge is -1.98. The predicted octanol–water partition coefficient (Wildman–Crippen LogP) is 3.16. The third kappa shape index (κ3) is 1.31. The van der Waals surface area contributed by atoms with Crippen molar-refractivity contribution in [2.45, 2.75) is 23.0 Å². The third-order valence-corrected chi connectivity index (χ3v) is 4.31. The second kappa shape index (κ2) is 3.23. The Hall–Kier alpha value is -0.280. The van der Waals surface area contributed by atoms with Crippen LogP contribution in [-0.4, -0.2) is 12.5 Å². The average Bonchev–Trinajstić information content (AvgIpc) is 2.85. The number of hydrogen-bond acceptors (Lipinski definition) is 3. The maximum Gasteiger partial charge on any atom is 0.151 e. The van der Waals surface area contributed by atoms with Crippen molar-refractivity contribution in [2.24, 2.45) is 0 Å². The van der Waals surface area contributed by atoms with E-state index in [1.165, 1.54) is 22.6 Å². The molecule has 0 unspecified atom stereocenters. The van der Waals surface area contributed by atoms with Gasteiger partial charge in [0.1, 0.15) is 0 Å². The molecular formula is C9H10OS2. The van der Waals surface area contributed by atoms with E-state index >= 15 is 0 Å². The van der Waals surface area contributed by atoms with Gasteiger partial charge >= 0.3 is 0 Å². The zero-order valence-electron chi connectivity index (χ0n) is 6.87. The van der Waals surface area contributed by atoms with E-state index in [2.05, 4.69) is 6.26 Å². The molecule has 1 heterocycles. The van der Waals surface area contributed by atoms with Crippen LogP contribution in [0.2, 0.25) is 0 Å². The van der Waals surface area contributed by atoms with Gasteiger partial charge < -0.3 is 0 Å². The van der Waals surface area contributed by atoms with Crippen LogP contribution >= 0.6 is 23.1 Å². The zero-order chi connectivity index (χ0) is 8.55. The Morgan fingerprint density at radius 1 is 1.67 bits per heavy atom. The van der Waals surface area contributed by atoms with Gasteiger partial charge in [-0.05, 0) is 30.6 Å². The third-order valence-electron chi connectivity index (χ3n) is 2.12. The minimum Gasteiger partial charge on any atom is -0.298 e. The molecule has 1 saturated carbocycles. The minimum atomic E-state index is 0.693. The van der Waals surface area contributed by atoms with Gasteiger partial charge in [-0.2, -0.15) is 0 Å². The van der Waals surface area contributed by atoms with Crippen LogP contribution in [0.1, 0.15) is 34.7 Å².